The molecule has 2 amide bonds. The molecule has 35 heavy (non-hydrogen) atoms. The molecule has 184 valence electrons. The number of anilines is 1. The van der Waals surface area contributed by atoms with Gasteiger partial charge in [0, 0.05) is 39.3 Å². The van der Waals surface area contributed by atoms with Crippen LogP contribution in [0.4, 0.5) is 10.1 Å². The third-order valence-electron chi connectivity index (χ3n) is 6.25. The van der Waals surface area contributed by atoms with E-state index in [4.69, 9.17) is 4.42 Å². The first kappa shape index (κ1) is 24.5. The van der Waals surface area contributed by atoms with Crippen molar-refractivity contribution >= 4 is 17.5 Å². The second kappa shape index (κ2) is 12.2. The van der Waals surface area contributed by atoms with Crippen LogP contribution in [-0.4, -0.2) is 56.0 Å². The van der Waals surface area contributed by atoms with Crippen LogP contribution in [0.1, 0.15) is 23.8 Å². The number of nitrogens with zero attached hydrogens (tertiary/aromatic N) is 2. The highest BCUT2D eigenvalue weighted by Gasteiger charge is 2.28. The lowest BCUT2D eigenvalue weighted by Gasteiger charge is -2.39. The molecule has 1 aliphatic rings. The highest BCUT2D eigenvalue weighted by molar-refractivity contribution is 6.35. The number of piperazine rings is 1. The van der Waals surface area contributed by atoms with Gasteiger partial charge in [-0.25, -0.2) is 4.39 Å². The third-order valence-corrected chi connectivity index (χ3v) is 6.25. The number of hydrogen-bond acceptors (Lipinski definition) is 5. The van der Waals surface area contributed by atoms with Crippen molar-refractivity contribution in [3.63, 3.8) is 0 Å². The van der Waals surface area contributed by atoms with Gasteiger partial charge in [-0.1, -0.05) is 42.5 Å². The summed E-state index contributed by atoms with van der Waals surface area (Å²) < 4.78 is 19.8. The number of carbonyl (C=O) groups excluding carboxylic acids is 2. The molecule has 1 fully saturated rings. The number of benzene rings is 2. The second-order valence-electron chi connectivity index (χ2n) is 8.56. The van der Waals surface area contributed by atoms with Crippen molar-refractivity contribution in [2.45, 2.75) is 18.9 Å². The zero-order chi connectivity index (χ0) is 24.5. The van der Waals surface area contributed by atoms with E-state index in [1.54, 1.807) is 24.5 Å². The molecule has 0 unspecified atom stereocenters. The first-order chi connectivity index (χ1) is 17.1. The molecule has 3 aromatic rings. The lowest BCUT2D eigenvalue weighted by Crippen LogP contribution is -2.51. The molecule has 1 aromatic heterocycles. The minimum Gasteiger partial charge on any atom is -0.468 e. The molecule has 0 saturated carbocycles. The first-order valence-electron chi connectivity index (χ1n) is 12.0. The summed E-state index contributed by atoms with van der Waals surface area (Å²) in [5, 5.41) is 5.44. The maximum atomic E-state index is 14.2. The number of halogens is 1. The molecule has 2 N–H and O–H groups in total. The standard InChI is InChI=1S/C27H31FN4O3/c28-22-11-4-5-12-23(22)31-15-17-32(18-16-31)24(25-13-7-19-35-25)20-30-27(34)26(33)29-14-6-10-21-8-2-1-3-9-21/h1-5,7-9,11-13,19,24H,6,10,14-18,20H2,(H,29,33)(H,30,34)/t24-/m0/s1. The van der Waals surface area contributed by atoms with Crippen molar-refractivity contribution in [3.05, 3.63) is 90.1 Å². The fourth-order valence-corrected chi connectivity index (χ4v) is 4.36. The van der Waals surface area contributed by atoms with Gasteiger partial charge >= 0.3 is 11.8 Å². The minimum atomic E-state index is -0.661. The summed E-state index contributed by atoms with van der Waals surface area (Å²) in [6, 6.07) is 20.2. The zero-order valence-corrected chi connectivity index (χ0v) is 19.7. The van der Waals surface area contributed by atoms with E-state index in [9.17, 15) is 14.0 Å². The number of hydrogen-bond donors (Lipinski definition) is 2. The summed E-state index contributed by atoms with van der Waals surface area (Å²) in [5.74, 6) is -0.814. The van der Waals surface area contributed by atoms with Gasteiger partial charge in [-0.3, -0.25) is 14.5 Å². The quantitative estimate of drug-likeness (QED) is 0.365. The Hall–Kier alpha value is -3.65. The SMILES string of the molecule is O=C(NCCCc1ccccc1)C(=O)NC[C@@H](c1ccco1)N1CCN(c2ccccc2F)CC1. The molecule has 1 saturated heterocycles. The molecule has 4 rings (SSSR count). The molecule has 2 aromatic carbocycles. The number of amides is 2. The molecule has 2 heterocycles. The van der Waals surface area contributed by atoms with Crippen molar-refractivity contribution in [2.75, 3.05) is 44.2 Å². The van der Waals surface area contributed by atoms with Crippen LogP contribution in [0.25, 0.3) is 0 Å². The number of nitrogens with one attached hydrogen (secondary N) is 2. The Balaban J connectivity index is 1.26. The lowest BCUT2D eigenvalue weighted by atomic mass is 10.1. The summed E-state index contributed by atoms with van der Waals surface area (Å²) in [6.45, 7) is 3.30. The molecule has 1 atom stereocenters. The van der Waals surface area contributed by atoms with E-state index >= 15 is 0 Å². The van der Waals surface area contributed by atoms with Gasteiger partial charge in [-0.15, -0.1) is 0 Å². The predicted octanol–water partition coefficient (Wildman–Crippen LogP) is 3.15. The Morgan fingerprint density at radius 3 is 2.31 bits per heavy atom. The highest BCUT2D eigenvalue weighted by atomic mass is 19.1. The first-order valence-corrected chi connectivity index (χ1v) is 12.0. The largest absolute Gasteiger partial charge is 0.468 e. The van der Waals surface area contributed by atoms with Gasteiger partial charge in [0.05, 0.1) is 18.0 Å². The van der Waals surface area contributed by atoms with Crippen LogP contribution >= 0.6 is 0 Å². The van der Waals surface area contributed by atoms with Crippen molar-refractivity contribution in [3.8, 4) is 0 Å². The predicted molar refractivity (Wildman–Crippen MR) is 132 cm³/mol. The lowest BCUT2D eigenvalue weighted by molar-refractivity contribution is -0.139. The van der Waals surface area contributed by atoms with E-state index in [1.807, 2.05) is 47.4 Å². The Bertz CT molecular complexity index is 1080. The molecule has 0 radical (unpaired) electrons. The van der Waals surface area contributed by atoms with Gasteiger partial charge in [0.1, 0.15) is 11.6 Å². The van der Waals surface area contributed by atoms with Crippen LogP contribution < -0.4 is 15.5 Å². The second-order valence-corrected chi connectivity index (χ2v) is 8.56. The maximum Gasteiger partial charge on any atom is 0.309 e. The smallest absolute Gasteiger partial charge is 0.309 e. The zero-order valence-electron chi connectivity index (χ0n) is 19.7. The van der Waals surface area contributed by atoms with E-state index in [1.165, 1.54) is 11.6 Å². The number of rotatable bonds is 9. The molecule has 0 bridgehead atoms. The number of aryl methyl sites for hydroxylation is 1. The normalized spacial score (nSPS) is 14.9. The van der Waals surface area contributed by atoms with Gasteiger partial charge < -0.3 is 20.0 Å². The van der Waals surface area contributed by atoms with Crippen LogP contribution in [0, 0.1) is 5.82 Å². The summed E-state index contributed by atoms with van der Waals surface area (Å²) >= 11 is 0. The van der Waals surface area contributed by atoms with Gasteiger partial charge in [0.25, 0.3) is 0 Å². The number of para-hydroxylation sites is 1. The maximum absolute atomic E-state index is 14.2. The number of carbonyl (C=O) groups is 2. The fraction of sp³-hybridized carbons (Fsp3) is 0.333. The Morgan fingerprint density at radius 1 is 0.886 bits per heavy atom. The average molecular weight is 479 g/mol. The van der Waals surface area contributed by atoms with Crippen LogP contribution in [0.5, 0.6) is 0 Å². The average Bonchev–Trinajstić information content (AvgIpc) is 3.42. The molecular formula is C27H31FN4O3. The number of furan rings is 1. The van der Waals surface area contributed by atoms with Gasteiger partial charge in [-0.05, 0) is 42.7 Å². The molecule has 8 heteroatoms. The molecule has 1 aliphatic heterocycles. The summed E-state index contributed by atoms with van der Waals surface area (Å²) in [4.78, 5) is 28.9. The van der Waals surface area contributed by atoms with E-state index in [0.29, 0.717) is 44.2 Å². The van der Waals surface area contributed by atoms with Crippen molar-refractivity contribution in [2.24, 2.45) is 0 Å². The summed E-state index contributed by atoms with van der Waals surface area (Å²) in [5.41, 5.74) is 1.79. The Morgan fingerprint density at radius 2 is 1.60 bits per heavy atom. The molecular weight excluding hydrogens is 447 g/mol. The van der Waals surface area contributed by atoms with Crippen LogP contribution in [0.3, 0.4) is 0 Å². The van der Waals surface area contributed by atoms with Crippen LogP contribution in [0.2, 0.25) is 0 Å². The minimum absolute atomic E-state index is 0.220. The van der Waals surface area contributed by atoms with E-state index in [2.05, 4.69) is 15.5 Å². The summed E-state index contributed by atoms with van der Waals surface area (Å²) in [6.07, 6.45) is 3.19. The Kier molecular flexibility index (Phi) is 8.51. The van der Waals surface area contributed by atoms with Crippen LogP contribution in [0.15, 0.2) is 77.4 Å². The van der Waals surface area contributed by atoms with Crippen molar-refractivity contribution in [1.29, 1.82) is 0 Å². The van der Waals surface area contributed by atoms with Crippen molar-refractivity contribution < 1.29 is 18.4 Å². The molecule has 0 aliphatic carbocycles. The van der Waals surface area contributed by atoms with E-state index in [-0.39, 0.29) is 18.4 Å². The highest BCUT2D eigenvalue weighted by Crippen LogP contribution is 2.25. The van der Waals surface area contributed by atoms with Gasteiger partial charge in [-0.2, -0.15) is 0 Å². The van der Waals surface area contributed by atoms with E-state index in [0.717, 1.165) is 12.8 Å². The van der Waals surface area contributed by atoms with Crippen molar-refractivity contribution in [1.82, 2.24) is 15.5 Å². The molecule has 0 spiro atoms. The van der Waals surface area contributed by atoms with Gasteiger partial charge in [0.15, 0.2) is 0 Å². The monoisotopic (exact) mass is 478 g/mol. The van der Waals surface area contributed by atoms with E-state index < -0.39 is 11.8 Å². The summed E-state index contributed by atoms with van der Waals surface area (Å²) in [7, 11) is 0. The van der Waals surface area contributed by atoms with Crippen LogP contribution in [-0.2, 0) is 16.0 Å². The topological polar surface area (TPSA) is 77.8 Å². The van der Waals surface area contributed by atoms with Gasteiger partial charge in [0.2, 0.25) is 0 Å². The Labute approximate surface area is 204 Å². The third kappa shape index (κ3) is 6.70. The molecule has 7 nitrogen and oxygen atoms in total. The fourth-order valence-electron chi connectivity index (χ4n) is 4.36.